The molecule has 0 saturated carbocycles. The van der Waals surface area contributed by atoms with Gasteiger partial charge in [-0.2, -0.15) is 0 Å². The molecule has 2 rings (SSSR count). The number of rotatable bonds is 4. The van der Waals surface area contributed by atoms with Gasteiger partial charge in [-0.15, -0.1) is 0 Å². The van der Waals surface area contributed by atoms with Crippen LogP contribution in [0.15, 0.2) is 41.6 Å². The van der Waals surface area contributed by atoms with Crippen molar-refractivity contribution in [1.29, 1.82) is 0 Å². The fourth-order valence-electron chi connectivity index (χ4n) is 2.12. The third kappa shape index (κ3) is 2.45. The number of hydrogen-bond donors (Lipinski definition) is 1. The molecule has 0 bridgehead atoms. The van der Waals surface area contributed by atoms with Gasteiger partial charge in [0.25, 0.3) is 0 Å². The average Bonchev–Trinajstić information content (AvgIpc) is 2.44. The topological polar surface area (TPSA) is 41.8 Å². The van der Waals surface area contributed by atoms with Gasteiger partial charge in [0.05, 0.1) is 12.8 Å². The number of hydrogen-bond acceptors (Lipinski definition) is 3. The predicted octanol–water partition coefficient (Wildman–Crippen LogP) is 3.63. The molecular weight excluding hydrogens is 226 g/mol. The van der Waals surface area contributed by atoms with Crippen molar-refractivity contribution in [3.63, 3.8) is 0 Å². The number of benzene rings is 2. The van der Waals surface area contributed by atoms with Crippen molar-refractivity contribution in [3.8, 4) is 5.75 Å². The summed E-state index contributed by atoms with van der Waals surface area (Å²) in [6.45, 7) is 1.82. The summed E-state index contributed by atoms with van der Waals surface area (Å²) in [6.07, 6.45) is 1.53. The molecule has 2 aromatic rings. The summed E-state index contributed by atoms with van der Waals surface area (Å²) >= 11 is 0. The summed E-state index contributed by atoms with van der Waals surface area (Å²) in [5, 5.41) is 14.3. The summed E-state index contributed by atoms with van der Waals surface area (Å²) in [4.78, 5) is 0. The maximum absolute atomic E-state index is 8.71. The monoisotopic (exact) mass is 243 g/mol. The zero-order valence-electron chi connectivity index (χ0n) is 10.7. The molecule has 0 spiro atoms. The largest absolute Gasteiger partial charge is 0.496 e. The maximum atomic E-state index is 8.71. The van der Waals surface area contributed by atoms with Gasteiger partial charge in [-0.25, -0.2) is 0 Å². The van der Waals surface area contributed by atoms with Crippen LogP contribution in [-0.2, 0) is 6.42 Å². The summed E-state index contributed by atoms with van der Waals surface area (Å²) in [5.74, 6) is 0.888. The van der Waals surface area contributed by atoms with Crippen LogP contribution in [-0.4, -0.2) is 18.0 Å². The second-order valence-corrected chi connectivity index (χ2v) is 4.30. The highest BCUT2D eigenvalue weighted by Gasteiger charge is 2.08. The highest BCUT2D eigenvalue weighted by atomic mass is 16.5. The van der Waals surface area contributed by atoms with Gasteiger partial charge >= 0.3 is 0 Å². The van der Waals surface area contributed by atoms with E-state index >= 15 is 0 Å². The lowest BCUT2D eigenvalue weighted by molar-refractivity contribution is 0.317. The third-order valence-electron chi connectivity index (χ3n) is 3.13. The van der Waals surface area contributed by atoms with Gasteiger partial charge in [0.2, 0.25) is 0 Å². The van der Waals surface area contributed by atoms with Crippen LogP contribution in [0.2, 0.25) is 0 Å². The molecule has 3 heteroatoms. The van der Waals surface area contributed by atoms with E-state index < -0.39 is 0 Å². The van der Waals surface area contributed by atoms with Gasteiger partial charge in [0, 0.05) is 5.56 Å². The molecule has 0 aromatic heterocycles. The molecule has 0 radical (unpaired) electrons. The first-order chi connectivity index (χ1) is 8.76. The van der Waals surface area contributed by atoms with Crippen LogP contribution in [0.5, 0.6) is 5.75 Å². The summed E-state index contributed by atoms with van der Waals surface area (Å²) in [6, 6.07) is 12.3. The number of oxime groups is 1. The quantitative estimate of drug-likeness (QED) is 0.506. The Balaban J connectivity index is 2.44. The minimum absolute atomic E-state index is 0.723. The Morgan fingerprint density at radius 2 is 2.00 bits per heavy atom. The van der Waals surface area contributed by atoms with Crippen LogP contribution in [0.25, 0.3) is 10.8 Å². The summed E-state index contributed by atoms with van der Waals surface area (Å²) < 4.78 is 5.42. The molecule has 2 aromatic carbocycles. The van der Waals surface area contributed by atoms with Gasteiger partial charge in [-0.1, -0.05) is 35.5 Å². The van der Waals surface area contributed by atoms with E-state index in [2.05, 4.69) is 23.4 Å². The fourth-order valence-corrected chi connectivity index (χ4v) is 2.12. The van der Waals surface area contributed by atoms with E-state index in [1.165, 1.54) is 16.3 Å². The minimum Gasteiger partial charge on any atom is -0.496 e. The van der Waals surface area contributed by atoms with Crippen molar-refractivity contribution in [3.05, 3.63) is 42.0 Å². The van der Waals surface area contributed by atoms with Crippen molar-refractivity contribution in [2.24, 2.45) is 5.16 Å². The number of nitrogens with zero attached hydrogens (tertiary/aromatic N) is 1. The van der Waals surface area contributed by atoms with Crippen LogP contribution >= 0.6 is 0 Å². The molecule has 0 saturated heterocycles. The SMILES string of the molecule is COc1ccc2ccccc2c1CC/C(C)=N/O. The predicted molar refractivity (Wildman–Crippen MR) is 73.7 cm³/mol. The summed E-state index contributed by atoms with van der Waals surface area (Å²) in [5.41, 5.74) is 1.89. The molecule has 94 valence electrons. The van der Waals surface area contributed by atoms with E-state index in [9.17, 15) is 0 Å². The Labute approximate surface area is 107 Å². The zero-order valence-corrected chi connectivity index (χ0v) is 10.7. The lowest BCUT2D eigenvalue weighted by Gasteiger charge is -2.11. The average molecular weight is 243 g/mol. The second kappa shape index (κ2) is 5.54. The molecule has 0 aliphatic carbocycles. The first-order valence-corrected chi connectivity index (χ1v) is 5.98. The zero-order chi connectivity index (χ0) is 13.0. The van der Waals surface area contributed by atoms with Crippen LogP contribution in [0, 0.1) is 0 Å². The molecule has 3 nitrogen and oxygen atoms in total. The maximum Gasteiger partial charge on any atom is 0.122 e. The Kier molecular flexibility index (Phi) is 3.82. The molecule has 0 fully saturated rings. The molecule has 0 aliphatic heterocycles. The lowest BCUT2D eigenvalue weighted by atomic mass is 9.99. The van der Waals surface area contributed by atoms with Crippen LogP contribution in [0.3, 0.4) is 0 Å². The molecule has 0 atom stereocenters. The smallest absolute Gasteiger partial charge is 0.122 e. The molecule has 0 amide bonds. The molecule has 0 unspecified atom stereocenters. The first-order valence-electron chi connectivity index (χ1n) is 5.98. The Morgan fingerprint density at radius 1 is 1.22 bits per heavy atom. The normalized spacial score (nSPS) is 11.8. The van der Waals surface area contributed by atoms with Crippen molar-refractivity contribution in [2.45, 2.75) is 19.8 Å². The van der Waals surface area contributed by atoms with Crippen LogP contribution in [0.1, 0.15) is 18.9 Å². The Morgan fingerprint density at radius 3 is 2.72 bits per heavy atom. The first kappa shape index (κ1) is 12.4. The van der Waals surface area contributed by atoms with Crippen molar-refractivity contribution in [2.75, 3.05) is 7.11 Å². The molecule has 1 N–H and O–H groups in total. The minimum atomic E-state index is 0.723. The highest BCUT2D eigenvalue weighted by molar-refractivity contribution is 5.89. The molecular formula is C15H17NO2. The van der Waals surface area contributed by atoms with E-state index in [4.69, 9.17) is 9.94 Å². The second-order valence-electron chi connectivity index (χ2n) is 4.30. The van der Waals surface area contributed by atoms with E-state index in [-0.39, 0.29) is 0 Å². The standard InChI is InChI=1S/C15H17NO2/c1-11(16-17)7-9-14-13-6-4-3-5-12(13)8-10-15(14)18-2/h3-6,8,10,17H,7,9H2,1-2H3/b16-11+. The van der Waals surface area contributed by atoms with E-state index in [1.807, 2.05) is 25.1 Å². The van der Waals surface area contributed by atoms with Crippen molar-refractivity contribution >= 4 is 16.5 Å². The van der Waals surface area contributed by atoms with E-state index in [0.717, 1.165) is 24.3 Å². The Bertz CT molecular complexity index is 576. The van der Waals surface area contributed by atoms with Crippen LogP contribution in [0.4, 0.5) is 0 Å². The van der Waals surface area contributed by atoms with Crippen LogP contribution < -0.4 is 4.74 Å². The van der Waals surface area contributed by atoms with Crippen molar-refractivity contribution in [1.82, 2.24) is 0 Å². The van der Waals surface area contributed by atoms with Crippen molar-refractivity contribution < 1.29 is 9.94 Å². The number of methoxy groups -OCH3 is 1. The van der Waals surface area contributed by atoms with Gasteiger partial charge in [-0.05, 0) is 36.6 Å². The lowest BCUT2D eigenvalue weighted by Crippen LogP contribution is -1.99. The van der Waals surface area contributed by atoms with Gasteiger partial charge in [0.15, 0.2) is 0 Å². The number of ether oxygens (including phenoxy) is 1. The third-order valence-corrected chi connectivity index (χ3v) is 3.13. The number of aryl methyl sites for hydroxylation is 1. The fraction of sp³-hybridized carbons (Fsp3) is 0.267. The molecule has 18 heavy (non-hydrogen) atoms. The molecule has 0 heterocycles. The van der Waals surface area contributed by atoms with E-state index in [1.54, 1.807) is 7.11 Å². The van der Waals surface area contributed by atoms with Gasteiger partial charge in [0.1, 0.15) is 5.75 Å². The highest BCUT2D eigenvalue weighted by Crippen LogP contribution is 2.29. The van der Waals surface area contributed by atoms with E-state index in [0.29, 0.717) is 0 Å². The molecule has 0 aliphatic rings. The van der Waals surface area contributed by atoms with Gasteiger partial charge in [-0.3, -0.25) is 0 Å². The van der Waals surface area contributed by atoms with Gasteiger partial charge < -0.3 is 9.94 Å². The summed E-state index contributed by atoms with van der Waals surface area (Å²) in [7, 11) is 1.68. The number of fused-ring (bicyclic) bond motifs is 1. The Hall–Kier alpha value is -2.03.